The quantitative estimate of drug-likeness (QED) is 0.223. The summed E-state index contributed by atoms with van der Waals surface area (Å²) in [6, 6.07) is 6.15. The van der Waals surface area contributed by atoms with Gasteiger partial charge in [-0.15, -0.1) is 0 Å². The molecule has 0 aliphatic rings. The van der Waals surface area contributed by atoms with Crippen molar-refractivity contribution in [2.45, 2.75) is 25.7 Å². The van der Waals surface area contributed by atoms with Gasteiger partial charge in [-0.05, 0) is 37.1 Å². The minimum absolute atomic E-state index is 0.00957. The van der Waals surface area contributed by atoms with Gasteiger partial charge in [0.1, 0.15) is 0 Å². The standard InChI is InChI=1S/C13H21N2O7PS/c16-13(11-5-7-12(8-6-11)15-24(20)21)14-9-3-1-2-4-10-22-23(17,18)19/h5-8,15H,1-4,9-10H2,(H,14,16)(H,20,21)(H2,17,18,19). The second-order valence-corrected chi connectivity index (χ2v) is 6.86. The minimum Gasteiger partial charge on any atom is -0.352 e. The second-order valence-electron chi connectivity index (χ2n) is 4.92. The van der Waals surface area contributed by atoms with E-state index in [0.29, 0.717) is 24.2 Å². The lowest BCUT2D eigenvalue weighted by Gasteiger charge is -2.07. The van der Waals surface area contributed by atoms with Crippen LogP contribution in [-0.4, -0.2) is 37.6 Å². The normalized spacial score (nSPS) is 12.6. The van der Waals surface area contributed by atoms with Gasteiger partial charge in [-0.1, -0.05) is 12.8 Å². The third-order valence-corrected chi connectivity index (χ3v) is 3.90. The maximum absolute atomic E-state index is 11.9. The third kappa shape index (κ3) is 9.76. The zero-order chi connectivity index (χ0) is 18.0. The SMILES string of the molecule is O=C(NCCCCCCOP(=O)(O)O)c1ccc(NS(=O)O)cc1. The lowest BCUT2D eigenvalue weighted by atomic mass is 10.2. The predicted molar refractivity (Wildman–Crippen MR) is 89.6 cm³/mol. The van der Waals surface area contributed by atoms with E-state index in [9.17, 15) is 13.6 Å². The van der Waals surface area contributed by atoms with Gasteiger partial charge in [-0.2, -0.15) is 0 Å². The van der Waals surface area contributed by atoms with Gasteiger partial charge in [-0.25, -0.2) is 8.77 Å². The van der Waals surface area contributed by atoms with E-state index in [0.717, 1.165) is 19.3 Å². The zero-order valence-electron chi connectivity index (χ0n) is 12.9. The summed E-state index contributed by atoms with van der Waals surface area (Å²) < 4.78 is 36.3. The smallest absolute Gasteiger partial charge is 0.352 e. The number of unbranched alkanes of at least 4 members (excludes halogenated alkanes) is 3. The van der Waals surface area contributed by atoms with Gasteiger partial charge in [0.15, 0.2) is 0 Å². The maximum atomic E-state index is 11.9. The van der Waals surface area contributed by atoms with Crippen LogP contribution >= 0.6 is 7.82 Å². The topological polar surface area (TPSA) is 145 Å². The molecule has 1 atom stereocenters. The van der Waals surface area contributed by atoms with E-state index in [1.807, 2.05) is 0 Å². The molecule has 5 N–H and O–H groups in total. The van der Waals surface area contributed by atoms with Gasteiger partial charge in [0.05, 0.1) is 6.61 Å². The summed E-state index contributed by atoms with van der Waals surface area (Å²) in [5.41, 5.74) is 0.879. The second kappa shape index (κ2) is 10.5. The first kappa shape index (κ1) is 20.8. The molecule has 0 bridgehead atoms. The molecule has 24 heavy (non-hydrogen) atoms. The third-order valence-electron chi connectivity index (χ3n) is 2.97. The average molecular weight is 380 g/mol. The lowest BCUT2D eigenvalue weighted by molar-refractivity contribution is 0.0952. The van der Waals surface area contributed by atoms with E-state index >= 15 is 0 Å². The van der Waals surface area contributed by atoms with Crippen LogP contribution in [0.25, 0.3) is 0 Å². The van der Waals surface area contributed by atoms with E-state index in [-0.39, 0.29) is 12.5 Å². The largest absolute Gasteiger partial charge is 0.469 e. The number of nitrogens with one attached hydrogen (secondary N) is 2. The molecule has 0 fully saturated rings. The molecule has 0 saturated carbocycles. The Hall–Kier alpha value is -1.29. The van der Waals surface area contributed by atoms with Crippen LogP contribution in [0.3, 0.4) is 0 Å². The van der Waals surface area contributed by atoms with Crippen molar-refractivity contribution in [1.82, 2.24) is 5.32 Å². The monoisotopic (exact) mass is 380 g/mol. The summed E-state index contributed by atoms with van der Waals surface area (Å²) >= 11 is -2.15. The molecule has 11 heteroatoms. The number of hydrogen-bond acceptors (Lipinski definition) is 4. The van der Waals surface area contributed by atoms with Crippen LogP contribution in [0, 0.1) is 0 Å². The molecule has 0 aromatic heterocycles. The number of carbonyl (C=O) groups is 1. The van der Waals surface area contributed by atoms with Crippen molar-refractivity contribution >= 4 is 30.7 Å². The summed E-state index contributed by atoms with van der Waals surface area (Å²) in [7, 11) is -4.38. The highest BCUT2D eigenvalue weighted by molar-refractivity contribution is 7.80. The van der Waals surface area contributed by atoms with Crippen molar-refractivity contribution in [3.63, 3.8) is 0 Å². The van der Waals surface area contributed by atoms with Crippen LogP contribution in [0.5, 0.6) is 0 Å². The van der Waals surface area contributed by atoms with Crippen molar-refractivity contribution in [1.29, 1.82) is 0 Å². The zero-order valence-corrected chi connectivity index (χ0v) is 14.6. The highest BCUT2D eigenvalue weighted by Gasteiger charge is 2.12. The van der Waals surface area contributed by atoms with E-state index < -0.39 is 19.1 Å². The molecule has 1 unspecified atom stereocenters. The van der Waals surface area contributed by atoms with E-state index in [2.05, 4.69) is 14.6 Å². The first-order valence-electron chi connectivity index (χ1n) is 7.24. The maximum Gasteiger partial charge on any atom is 0.469 e. The molecule has 1 aromatic rings. The minimum atomic E-state index is -4.38. The van der Waals surface area contributed by atoms with Crippen LogP contribution < -0.4 is 10.0 Å². The van der Waals surface area contributed by atoms with Crippen molar-refractivity contribution in [3.05, 3.63) is 29.8 Å². The first-order chi connectivity index (χ1) is 11.3. The molecule has 0 aliphatic heterocycles. The summed E-state index contributed by atoms with van der Waals surface area (Å²) in [4.78, 5) is 28.9. The van der Waals surface area contributed by atoms with E-state index in [1.165, 1.54) is 12.1 Å². The molecule has 0 saturated heterocycles. The Labute approximate surface area is 142 Å². The molecule has 9 nitrogen and oxygen atoms in total. The van der Waals surface area contributed by atoms with E-state index in [4.69, 9.17) is 14.3 Å². The molecule has 136 valence electrons. The average Bonchev–Trinajstić information content (AvgIpc) is 2.48. The lowest BCUT2D eigenvalue weighted by Crippen LogP contribution is -2.24. The van der Waals surface area contributed by atoms with Crippen LogP contribution in [0.1, 0.15) is 36.0 Å². The Morgan fingerprint density at radius 2 is 1.75 bits per heavy atom. The Balaban J connectivity index is 2.15. The van der Waals surface area contributed by atoms with Crippen LogP contribution in [0.15, 0.2) is 24.3 Å². The molecule has 0 spiro atoms. The van der Waals surface area contributed by atoms with Gasteiger partial charge in [0, 0.05) is 17.8 Å². The number of hydrogen-bond donors (Lipinski definition) is 5. The van der Waals surface area contributed by atoms with Gasteiger partial charge < -0.3 is 15.1 Å². The molecule has 1 rings (SSSR count). The number of carbonyl (C=O) groups excluding carboxylic acids is 1. The number of amides is 1. The Kier molecular flexibility index (Phi) is 9.12. The number of anilines is 1. The Bertz CT molecular complexity index is 590. The molecule has 0 heterocycles. The predicted octanol–water partition coefficient (Wildman–Crippen LogP) is 1.63. The summed E-state index contributed by atoms with van der Waals surface area (Å²) in [5, 5.41) is 2.75. The van der Waals surface area contributed by atoms with E-state index in [1.54, 1.807) is 12.1 Å². The Morgan fingerprint density at radius 3 is 2.33 bits per heavy atom. The molecule has 1 aromatic carbocycles. The van der Waals surface area contributed by atoms with Gasteiger partial charge in [-0.3, -0.25) is 18.6 Å². The number of benzene rings is 1. The number of rotatable bonds is 11. The molecule has 0 radical (unpaired) electrons. The van der Waals surface area contributed by atoms with Crippen LogP contribution in [0.2, 0.25) is 0 Å². The summed E-state index contributed by atoms with van der Waals surface area (Å²) in [5.74, 6) is -0.239. The van der Waals surface area contributed by atoms with Gasteiger partial charge >= 0.3 is 7.82 Å². The first-order valence-corrected chi connectivity index (χ1v) is 9.87. The highest BCUT2D eigenvalue weighted by atomic mass is 32.2. The fourth-order valence-corrected chi connectivity index (χ4v) is 2.56. The molecule has 1 amide bonds. The molecule has 0 aliphatic carbocycles. The molecular formula is C13H21N2O7PS. The number of phosphoric ester groups is 1. The highest BCUT2D eigenvalue weighted by Crippen LogP contribution is 2.35. The van der Waals surface area contributed by atoms with Crippen LogP contribution in [-0.2, 0) is 20.4 Å². The fourth-order valence-electron chi connectivity index (χ4n) is 1.86. The van der Waals surface area contributed by atoms with Crippen molar-refractivity contribution in [2.24, 2.45) is 0 Å². The molecular weight excluding hydrogens is 359 g/mol. The Morgan fingerprint density at radius 1 is 1.12 bits per heavy atom. The van der Waals surface area contributed by atoms with Gasteiger partial charge in [0.25, 0.3) is 17.2 Å². The fraction of sp³-hybridized carbons (Fsp3) is 0.462. The summed E-state index contributed by atoms with van der Waals surface area (Å²) in [6.45, 7) is 0.495. The van der Waals surface area contributed by atoms with Crippen molar-refractivity contribution < 1.29 is 32.4 Å². The summed E-state index contributed by atoms with van der Waals surface area (Å²) in [6.07, 6.45) is 2.83. The van der Waals surface area contributed by atoms with Crippen molar-refractivity contribution in [2.75, 3.05) is 17.9 Å². The number of phosphoric acid groups is 1. The van der Waals surface area contributed by atoms with Crippen LogP contribution in [0.4, 0.5) is 5.69 Å². The van der Waals surface area contributed by atoms with Crippen molar-refractivity contribution in [3.8, 4) is 0 Å². The van der Waals surface area contributed by atoms with Gasteiger partial charge in [0.2, 0.25) is 0 Å².